The summed E-state index contributed by atoms with van der Waals surface area (Å²) in [5.41, 5.74) is 1.38. The Morgan fingerprint density at radius 3 is 2.75 bits per heavy atom. The first-order valence-electron chi connectivity index (χ1n) is 7.76. The van der Waals surface area contributed by atoms with Crippen molar-refractivity contribution in [2.45, 2.75) is 59.0 Å². The summed E-state index contributed by atoms with van der Waals surface area (Å²) in [4.78, 5) is 7.31. The molecule has 0 radical (unpaired) electrons. The van der Waals surface area contributed by atoms with Crippen molar-refractivity contribution >= 4 is 11.3 Å². The first-order valence-corrected chi connectivity index (χ1v) is 8.64. The van der Waals surface area contributed by atoms with Crippen LogP contribution < -0.4 is 5.32 Å². The minimum Gasteiger partial charge on any atom is -0.310 e. The predicted octanol–water partition coefficient (Wildman–Crippen LogP) is 3.26. The molecule has 4 heteroatoms. The third-order valence-electron chi connectivity index (χ3n) is 4.08. The molecule has 1 N–H and O–H groups in total. The lowest BCUT2D eigenvalue weighted by molar-refractivity contribution is 0.264. The highest BCUT2D eigenvalue weighted by Gasteiger charge is 2.23. The van der Waals surface area contributed by atoms with Crippen LogP contribution in [0, 0.1) is 5.92 Å². The number of thiazole rings is 1. The van der Waals surface area contributed by atoms with Gasteiger partial charge in [0.2, 0.25) is 0 Å². The summed E-state index contributed by atoms with van der Waals surface area (Å²) in [7, 11) is 0. The van der Waals surface area contributed by atoms with Crippen LogP contribution >= 0.6 is 11.3 Å². The lowest BCUT2D eigenvalue weighted by Crippen LogP contribution is -2.30. The van der Waals surface area contributed by atoms with Crippen molar-refractivity contribution in [3.8, 4) is 0 Å². The van der Waals surface area contributed by atoms with Crippen molar-refractivity contribution in [3.05, 3.63) is 16.1 Å². The maximum atomic E-state index is 4.73. The Kier molecular flexibility index (Phi) is 5.21. The second-order valence-electron chi connectivity index (χ2n) is 7.25. The van der Waals surface area contributed by atoms with Gasteiger partial charge in [0.25, 0.3) is 0 Å². The Morgan fingerprint density at radius 2 is 2.20 bits per heavy atom. The number of nitrogens with one attached hydrogen (secondary N) is 1. The highest BCUT2D eigenvalue weighted by Crippen LogP contribution is 2.24. The second-order valence-corrected chi connectivity index (χ2v) is 8.19. The average Bonchev–Trinajstić information content (AvgIpc) is 2.96. The summed E-state index contributed by atoms with van der Waals surface area (Å²) in [6.45, 7) is 15.8. The van der Waals surface area contributed by atoms with E-state index in [0.717, 1.165) is 19.0 Å². The molecule has 0 aromatic carbocycles. The standard InChI is InChI=1S/C16H29N3S/c1-12(2)19-7-6-13(10-19)8-17-9-15-18-14(11-20-15)16(3,4)5/h11-13,17H,6-10H2,1-5H3. The van der Waals surface area contributed by atoms with E-state index in [1.807, 2.05) is 0 Å². The molecule has 0 saturated carbocycles. The maximum Gasteiger partial charge on any atom is 0.107 e. The number of likely N-dealkylation sites (tertiary alicyclic amines) is 1. The third-order valence-corrected chi connectivity index (χ3v) is 4.93. The minimum atomic E-state index is 0.165. The van der Waals surface area contributed by atoms with Crippen molar-refractivity contribution in [1.82, 2.24) is 15.2 Å². The monoisotopic (exact) mass is 295 g/mol. The molecule has 20 heavy (non-hydrogen) atoms. The first-order chi connectivity index (χ1) is 9.36. The van der Waals surface area contributed by atoms with E-state index in [-0.39, 0.29) is 5.41 Å². The van der Waals surface area contributed by atoms with Gasteiger partial charge in [0.05, 0.1) is 5.69 Å². The normalized spacial score (nSPS) is 21.0. The van der Waals surface area contributed by atoms with Crippen LogP contribution in [0.2, 0.25) is 0 Å². The van der Waals surface area contributed by atoms with Gasteiger partial charge in [0.1, 0.15) is 5.01 Å². The minimum absolute atomic E-state index is 0.165. The predicted molar refractivity (Wildman–Crippen MR) is 87.3 cm³/mol. The number of rotatable bonds is 5. The van der Waals surface area contributed by atoms with Crippen LogP contribution in [-0.2, 0) is 12.0 Å². The maximum absolute atomic E-state index is 4.73. The number of nitrogens with zero attached hydrogens (tertiary/aromatic N) is 2. The zero-order chi connectivity index (χ0) is 14.8. The van der Waals surface area contributed by atoms with Crippen molar-refractivity contribution in [3.63, 3.8) is 0 Å². The molecule has 0 spiro atoms. The number of aromatic nitrogens is 1. The van der Waals surface area contributed by atoms with E-state index in [9.17, 15) is 0 Å². The zero-order valence-corrected chi connectivity index (χ0v) is 14.4. The number of hydrogen-bond acceptors (Lipinski definition) is 4. The molecule has 0 aliphatic carbocycles. The molecule has 1 aliphatic rings. The third kappa shape index (κ3) is 4.27. The first kappa shape index (κ1) is 15.9. The largest absolute Gasteiger partial charge is 0.310 e. The van der Waals surface area contributed by atoms with Gasteiger partial charge in [-0.15, -0.1) is 11.3 Å². The molecule has 1 atom stereocenters. The molecular formula is C16H29N3S. The molecule has 1 unspecified atom stereocenters. The fraction of sp³-hybridized carbons (Fsp3) is 0.812. The Labute approximate surface area is 127 Å². The van der Waals surface area contributed by atoms with Crippen LogP contribution in [0.1, 0.15) is 51.7 Å². The Hall–Kier alpha value is -0.450. The molecule has 1 aromatic heterocycles. The fourth-order valence-corrected chi connectivity index (χ4v) is 3.61. The van der Waals surface area contributed by atoms with Gasteiger partial charge in [0, 0.05) is 29.9 Å². The van der Waals surface area contributed by atoms with Gasteiger partial charge < -0.3 is 10.2 Å². The molecule has 1 aliphatic heterocycles. The molecule has 114 valence electrons. The van der Waals surface area contributed by atoms with Gasteiger partial charge >= 0.3 is 0 Å². The van der Waals surface area contributed by atoms with E-state index in [4.69, 9.17) is 4.98 Å². The van der Waals surface area contributed by atoms with Crippen LogP contribution in [0.25, 0.3) is 0 Å². The molecule has 1 fully saturated rings. The molecule has 0 amide bonds. The van der Waals surface area contributed by atoms with Gasteiger partial charge in [-0.2, -0.15) is 0 Å². The van der Waals surface area contributed by atoms with Gasteiger partial charge in [-0.05, 0) is 39.3 Å². The Balaban J connectivity index is 1.73. The number of hydrogen-bond donors (Lipinski definition) is 1. The molecule has 2 heterocycles. The van der Waals surface area contributed by atoms with Crippen LogP contribution in [0.15, 0.2) is 5.38 Å². The molecule has 0 bridgehead atoms. The zero-order valence-electron chi connectivity index (χ0n) is 13.6. The molecule has 1 saturated heterocycles. The summed E-state index contributed by atoms with van der Waals surface area (Å²) in [6.07, 6.45) is 1.33. The Morgan fingerprint density at radius 1 is 1.45 bits per heavy atom. The average molecular weight is 295 g/mol. The SMILES string of the molecule is CC(C)N1CCC(CNCc2nc(C(C)(C)C)cs2)C1. The Bertz CT molecular complexity index is 420. The smallest absolute Gasteiger partial charge is 0.107 e. The highest BCUT2D eigenvalue weighted by molar-refractivity contribution is 7.09. The van der Waals surface area contributed by atoms with Gasteiger partial charge in [-0.3, -0.25) is 0 Å². The summed E-state index contributed by atoms with van der Waals surface area (Å²) in [5.74, 6) is 0.805. The van der Waals surface area contributed by atoms with Crippen LogP contribution in [0.5, 0.6) is 0 Å². The quantitative estimate of drug-likeness (QED) is 0.904. The molecule has 2 rings (SSSR count). The van der Waals surface area contributed by atoms with Gasteiger partial charge in [-0.1, -0.05) is 20.8 Å². The van der Waals surface area contributed by atoms with E-state index in [1.54, 1.807) is 11.3 Å². The van der Waals surface area contributed by atoms with E-state index < -0.39 is 0 Å². The van der Waals surface area contributed by atoms with Crippen molar-refractivity contribution < 1.29 is 0 Å². The van der Waals surface area contributed by atoms with Gasteiger partial charge in [-0.25, -0.2) is 4.98 Å². The van der Waals surface area contributed by atoms with Crippen molar-refractivity contribution in [2.24, 2.45) is 5.92 Å². The highest BCUT2D eigenvalue weighted by atomic mass is 32.1. The summed E-state index contributed by atoms with van der Waals surface area (Å²) >= 11 is 1.78. The fourth-order valence-electron chi connectivity index (χ4n) is 2.62. The summed E-state index contributed by atoms with van der Waals surface area (Å²) < 4.78 is 0. The lowest BCUT2D eigenvalue weighted by Gasteiger charge is -2.20. The summed E-state index contributed by atoms with van der Waals surface area (Å²) in [5, 5.41) is 7.01. The van der Waals surface area contributed by atoms with Crippen molar-refractivity contribution in [1.29, 1.82) is 0 Å². The van der Waals surface area contributed by atoms with Crippen molar-refractivity contribution in [2.75, 3.05) is 19.6 Å². The second kappa shape index (κ2) is 6.54. The topological polar surface area (TPSA) is 28.2 Å². The molecular weight excluding hydrogens is 266 g/mol. The van der Waals surface area contributed by atoms with Crippen LogP contribution in [0.3, 0.4) is 0 Å². The molecule has 3 nitrogen and oxygen atoms in total. The lowest BCUT2D eigenvalue weighted by atomic mass is 9.93. The van der Waals surface area contributed by atoms with E-state index >= 15 is 0 Å². The van der Waals surface area contributed by atoms with E-state index in [1.165, 1.54) is 30.2 Å². The summed E-state index contributed by atoms with van der Waals surface area (Å²) in [6, 6.07) is 0.688. The van der Waals surface area contributed by atoms with E-state index in [2.05, 4.69) is 50.2 Å². The van der Waals surface area contributed by atoms with Gasteiger partial charge in [0.15, 0.2) is 0 Å². The molecule has 1 aromatic rings. The van der Waals surface area contributed by atoms with E-state index in [0.29, 0.717) is 6.04 Å². The van der Waals surface area contributed by atoms with Crippen LogP contribution in [-0.4, -0.2) is 35.6 Å². The van der Waals surface area contributed by atoms with Crippen LogP contribution in [0.4, 0.5) is 0 Å².